The van der Waals surface area contributed by atoms with Crippen LogP contribution in [-0.2, 0) is 26.4 Å². The van der Waals surface area contributed by atoms with E-state index in [2.05, 4.69) is 40.9 Å². The maximum Gasteiger partial charge on any atom is 0.111 e. The molecule has 4 nitrogen and oxygen atoms in total. The van der Waals surface area contributed by atoms with Gasteiger partial charge in [-0.05, 0) is 24.6 Å². The molecule has 0 unspecified atom stereocenters. The Morgan fingerprint density at radius 2 is 2.05 bits per heavy atom. The molecular weight excluding hydrogens is 284 g/mol. The van der Waals surface area contributed by atoms with E-state index in [4.69, 9.17) is 16.6 Å². The van der Waals surface area contributed by atoms with E-state index in [1.807, 2.05) is 17.9 Å². The van der Waals surface area contributed by atoms with Crippen molar-refractivity contribution in [3.8, 4) is 0 Å². The smallest absolute Gasteiger partial charge is 0.111 e. The molecule has 3 aromatic rings. The highest BCUT2D eigenvalue weighted by Crippen LogP contribution is 2.21. The van der Waals surface area contributed by atoms with Crippen molar-refractivity contribution in [2.24, 2.45) is 7.05 Å². The zero-order valence-corrected chi connectivity index (χ0v) is 13.1. The second-order valence-electron chi connectivity index (χ2n) is 5.26. The van der Waals surface area contributed by atoms with Crippen LogP contribution in [-0.4, -0.2) is 25.2 Å². The monoisotopic (exact) mass is 302 g/mol. The average Bonchev–Trinajstić information content (AvgIpc) is 3.02. The fraction of sp³-hybridized carbons (Fsp3) is 0.375. The number of aromatic nitrogens is 4. The van der Waals surface area contributed by atoms with E-state index < -0.39 is 0 Å². The number of para-hydroxylation sites is 1. The molecule has 0 N–H and O–H groups in total. The van der Waals surface area contributed by atoms with Crippen LogP contribution in [0.15, 0.2) is 30.5 Å². The summed E-state index contributed by atoms with van der Waals surface area (Å²) >= 11 is 5.93. The van der Waals surface area contributed by atoms with Crippen LogP contribution in [0.1, 0.15) is 17.1 Å². The van der Waals surface area contributed by atoms with Gasteiger partial charge in [-0.3, -0.25) is 4.68 Å². The number of rotatable bonds is 5. The molecule has 0 aliphatic rings. The second kappa shape index (κ2) is 5.90. The van der Waals surface area contributed by atoms with Crippen LogP contribution in [0.4, 0.5) is 0 Å². The average molecular weight is 303 g/mol. The van der Waals surface area contributed by atoms with Crippen molar-refractivity contribution in [1.82, 2.24) is 19.3 Å². The summed E-state index contributed by atoms with van der Waals surface area (Å²) in [5, 5.41) is 4.22. The molecule has 2 aromatic heterocycles. The first-order chi connectivity index (χ1) is 10.2. The maximum atomic E-state index is 5.93. The summed E-state index contributed by atoms with van der Waals surface area (Å²) in [5.74, 6) is 1.66. The minimum Gasteiger partial charge on any atom is -0.328 e. The summed E-state index contributed by atoms with van der Waals surface area (Å²) in [7, 11) is 1.98. The van der Waals surface area contributed by atoms with Crippen LogP contribution in [0.25, 0.3) is 11.0 Å². The van der Waals surface area contributed by atoms with Gasteiger partial charge in [0.15, 0.2) is 0 Å². The number of hydrogen-bond donors (Lipinski definition) is 0. The van der Waals surface area contributed by atoms with Gasteiger partial charge in [0.05, 0.1) is 11.0 Å². The Kier molecular flexibility index (Phi) is 3.97. The van der Waals surface area contributed by atoms with Gasteiger partial charge in [0.1, 0.15) is 5.82 Å². The molecule has 1 aromatic carbocycles. The molecule has 3 rings (SSSR count). The Morgan fingerprint density at radius 3 is 2.76 bits per heavy atom. The lowest BCUT2D eigenvalue weighted by Crippen LogP contribution is -2.09. The van der Waals surface area contributed by atoms with Crippen molar-refractivity contribution in [2.75, 3.05) is 5.88 Å². The third-order valence-corrected chi connectivity index (χ3v) is 4.08. The Bertz CT molecular complexity index is 757. The molecule has 0 spiro atoms. The van der Waals surface area contributed by atoms with Gasteiger partial charge in [0, 0.05) is 44.2 Å². The number of hydrogen-bond acceptors (Lipinski definition) is 2. The van der Waals surface area contributed by atoms with Gasteiger partial charge in [-0.2, -0.15) is 5.10 Å². The van der Waals surface area contributed by atoms with Crippen LogP contribution in [0.5, 0.6) is 0 Å². The summed E-state index contributed by atoms with van der Waals surface area (Å²) in [6, 6.07) is 8.39. The van der Waals surface area contributed by atoms with E-state index in [1.165, 1.54) is 16.8 Å². The summed E-state index contributed by atoms with van der Waals surface area (Å²) in [5.41, 5.74) is 4.71. The summed E-state index contributed by atoms with van der Waals surface area (Å²) in [4.78, 5) is 4.78. The molecule has 0 saturated heterocycles. The molecule has 0 atom stereocenters. The van der Waals surface area contributed by atoms with Crippen molar-refractivity contribution < 1.29 is 0 Å². The third kappa shape index (κ3) is 2.68. The van der Waals surface area contributed by atoms with E-state index in [9.17, 15) is 0 Å². The van der Waals surface area contributed by atoms with Crippen molar-refractivity contribution in [1.29, 1.82) is 0 Å². The number of nitrogens with zero attached hydrogens (tertiary/aromatic N) is 4. The van der Waals surface area contributed by atoms with Gasteiger partial charge >= 0.3 is 0 Å². The Hall–Kier alpha value is -1.81. The summed E-state index contributed by atoms with van der Waals surface area (Å²) in [6.07, 6.45) is 3.57. The van der Waals surface area contributed by atoms with Crippen LogP contribution in [0, 0.1) is 6.92 Å². The standard InChI is InChI=1S/C16H19ClN4/c1-12-4-3-5-14-16(12)19-15(6-9-17)21(14)11-8-13-7-10-18-20(13)2/h3-5,7,10H,6,8-9,11H2,1-2H3. The van der Waals surface area contributed by atoms with Crippen LogP contribution < -0.4 is 0 Å². The molecule has 5 heteroatoms. The van der Waals surface area contributed by atoms with Crippen molar-refractivity contribution in [2.45, 2.75) is 26.3 Å². The second-order valence-corrected chi connectivity index (χ2v) is 5.64. The van der Waals surface area contributed by atoms with Gasteiger partial charge in [-0.15, -0.1) is 11.6 Å². The van der Waals surface area contributed by atoms with Crippen LogP contribution >= 0.6 is 11.6 Å². The Labute approximate surface area is 129 Å². The molecule has 0 amide bonds. The Balaban J connectivity index is 1.97. The van der Waals surface area contributed by atoms with Crippen molar-refractivity contribution >= 4 is 22.6 Å². The number of benzene rings is 1. The van der Waals surface area contributed by atoms with E-state index >= 15 is 0 Å². The van der Waals surface area contributed by atoms with Crippen molar-refractivity contribution in [3.63, 3.8) is 0 Å². The first kappa shape index (κ1) is 14.1. The van der Waals surface area contributed by atoms with Crippen LogP contribution in [0.3, 0.4) is 0 Å². The molecule has 0 aliphatic heterocycles. The zero-order valence-electron chi connectivity index (χ0n) is 12.4. The number of fused-ring (bicyclic) bond motifs is 1. The van der Waals surface area contributed by atoms with Gasteiger partial charge in [0.25, 0.3) is 0 Å². The predicted molar refractivity (Wildman–Crippen MR) is 85.8 cm³/mol. The molecule has 0 aliphatic carbocycles. The number of aryl methyl sites for hydroxylation is 5. The molecule has 0 saturated carbocycles. The summed E-state index contributed by atoms with van der Waals surface area (Å²) < 4.78 is 4.21. The number of halogens is 1. The maximum absolute atomic E-state index is 5.93. The topological polar surface area (TPSA) is 35.6 Å². The largest absolute Gasteiger partial charge is 0.328 e. The lowest BCUT2D eigenvalue weighted by Gasteiger charge is -2.09. The van der Waals surface area contributed by atoms with E-state index in [0.29, 0.717) is 5.88 Å². The SMILES string of the molecule is Cc1cccc2c1nc(CCCl)n2CCc1ccnn1C. The van der Waals surface area contributed by atoms with Gasteiger partial charge in [0.2, 0.25) is 0 Å². The zero-order chi connectivity index (χ0) is 14.8. The minimum absolute atomic E-state index is 0.591. The molecular formula is C16H19ClN4. The predicted octanol–water partition coefficient (Wildman–Crippen LogP) is 3.10. The lowest BCUT2D eigenvalue weighted by atomic mass is 10.2. The Morgan fingerprint density at radius 1 is 1.19 bits per heavy atom. The highest BCUT2D eigenvalue weighted by molar-refractivity contribution is 6.17. The summed E-state index contributed by atoms with van der Waals surface area (Å²) in [6.45, 7) is 3.00. The van der Waals surface area contributed by atoms with Gasteiger partial charge in [-0.25, -0.2) is 4.98 Å². The molecule has 0 bridgehead atoms. The molecule has 21 heavy (non-hydrogen) atoms. The molecule has 0 radical (unpaired) electrons. The number of imidazole rings is 1. The lowest BCUT2D eigenvalue weighted by molar-refractivity contribution is 0.628. The van der Waals surface area contributed by atoms with E-state index in [1.54, 1.807) is 0 Å². The fourth-order valence-electron chi connectivity index (χ4n) is 2.73. The molecule has 2 heterocycles. The molecule has 0 fully saturated rings. The number of alkyl halides is 1. The van der Waals surface area contributed by atoms with Crippen LogP contribution in [0.2, 0.25) is 0 Å². The van der Waals surface area contributed by atoms with E-state index in [0.717, 1.165) is 30.7 Å². The highest BCUT2D eigenvalue weighted by Gasteiger charge is 2.12. The fourth-order valence-corrected chi connectivity index (χ4v) is 2.90. The highest BCUT2D eigenvalue weighted by atomic mass is 35.5. The normalized spacial score (nSPS) is 11.4. The minimum atomic E-state index is 0.591. The first-order valence-corrected chi connectivity index (χ1v) is 7.71. The first-order valence-electron chi connectivity index (χ1n) is 7.18. The van der Waals surface area contributed by atoms with Gasteiger partial charge in [-0.1, -0.05) is 12.1 Å². The quantitative estimate of drug-likeness (QED) is 0.679. The van der Waals surface area contributed by atoms with Gasteiger partial charge < -0.3 is 4.57 Å². The van der Waals surface area contributed by atoms with Crippen molar-refractivity contribution in [3.05, 3.63) is 47.5 Å². The third-order valence-electron chi connectivity index (χ3n) is 3.89. The van der Waals surface area contributed by atoms with E-state index in [-0.39, 0.29) is 0 Å². The molecule has 110 valence electrons.